The van der Waals surface area contributed by atoms with Crippen molar-refractivity contribution in [2.75, 3.05) is 0 Å². The number of hydrogen-bond acceptors (Lipinski definition) is 5. The molecule has 5 nitrogen and oxygen atoms in total. The van der Waals surface area contributed by atoms with Gasteiger partial charge >= 0.3 is 0 Å². The smallest absolute Gasteiger partial charge is 0.207 e. The van der Waals surface area contributed by atoms with E-state index in [1.54, 1.807) is 0 Å². The van der Waals surface area contributed by atoms with Crippen LogP contribution in [0.3, 0.4) is 0 Å². The van der Waals surface area contributed by atoms with E-state index in [1.165, 1.54) is 0 Å². The zero-order chi connectivity index (χ0) is 6.69. The zero-order valence-electron chi connectivity index (χ0n) is 4.22. The normalized spacial score (nSPS) is 13.0. The van der Waals surface area contributed by atoms with E-state index < -0.39 is 11.1 Å². The van der Waals surface area contributed by atoms with E-state index in [0.29, 0.717) is 0 Å². The molecule has 6 heteroatoms. The molecule has 0 aliphatic carbocycles. The Morgan fingerprint density at radius 2 is 2.00 bits per heavy atom. The van der Waals surface area contributed by atoms with E-state index >= 15 is 0 Å². The Bertz CT molecular complexity index is 214. The summed E-state index contributed by atoms with van der Waals surface area (Å²) in [5.74, 6) is 0. The number of aromatic nitrogens is 3. The van der Waals surface area contributed by atoms with E-state index in [-0.39, 0.29) is 5.16 Å². The van der Waals surface area contributed by atoms with Crippen LogP contribution in [0.4, 0.5) is 0 Å². The quantitative estimate of drug-likeness (QED) is 0.478. The summed E-state index contributed by atoms with van der Waals surface area (Å²) >= 11 is -2.34. The van der Waals surface area contributed by atoms with E-state index in [1.807, 2.05) is 0 Å². The van der Waals surface area contributed by atoms with Gasteiger partial charge in [-0.25, -0.2) is 15.0 Å². The summed E-state index contributed by atoms with van der Waals surface area (Å²) < 4.78 is 20.1. The molecule has 1 atom stereocenters. The van der Waals surface area contributed by atoms with E-state index in [2.05, 4.69) is 15.0 Å². The molecule has 0 saturated heterocycles. The fourth-order valence-corrected chi connectivity index (χ4v) is 0.581. The lowest BCUT2D eigenvalue weighted by Crippen LogP contribution is -1.96. The van der Waals surface area contributed by atoms with Crippen molar-refractivity contribution in [3.05, 3.63) is 12.7 Å². The molecule has 0 aromatic carbocycles. The van der Waals surface area contributed by atoms with Gasteiger partial charge in [-0.05, 0) is 0 Å². The number of nitrogens with zero attached hydrogens (tertiary/aromatic N) is 3. The molecule has 0 fully saturated rings. The van der Waals surface area contributed by atoms with Gasteiger partial charge in [-0.3, -0.25) is 4.21 Å². The number of rotatable bonds is 1. The Labute approximate surface area is 53.5 Å². The van der Waals surface area contributed by atoms with Crippen LogP contribution in [0, 0.1) is 0 Å². The summed E-state index contributed by atoms with van der Waals surface area (Å²) in [5, 5.41) is -0.231. The van der Waals surface area contributed by atoms with Crippen molar-refractivity contribution in [2.24, 2.45) is 0 Å². The molecule has 0 aliphatic rings. The summed E-state index contributed by atoms with van der Waals surface area (Å²) in [6.07, 6.45) is 2.25. The van der Waals surface area contributed by atoms with Crippen LogP contribution < -0.4 is 0 Å². The second-order valence-electron chi connectivity index (χ2n) is 1.16. The van der Waals surface area contributed by atoms with Gasteiger partial charge in [-0.1, -0.05) is 0 Å². The summed E-state index contributed by atoms with van der Waals surface area (Å²) in [4.78, 5) is 10.1. The minimum absolute atomic E-state index is 0.231. The Kier molecular flexibility index (Phi) is 1.81. The van der Waals surface area contributed by atoms with Crippen LogP contribution in [-0.2, 0) is 11.1 Å². The molecular formula is C3H2N3O2S-. The molecule has 0 aliphatic heterocycles. The molecule has 1 unspecified atom stereocenters. The average Bonchev–Trinajstić information content (AvgIpc) is 1.90. The van der Waals surface area contributed by atoms with Gasteiger partial charge in [0.1, 0.15) is 12.7 Å². The summed E-state index contributed by atoms with van der Waals surface area (Å²) in [6.45, 7) is 0. The first-order valence-electron chi connectivity index (χ1n) is 2.02. The highest BCUT2D eigenvalue weighted by atomic mass is 32.2. The molecule has 0 spiro atoms. The van der Waals surface area contributed by atoms with Crippen molar-refractivity contribution in [2.45, 2.75) is 5.16 Å². The van der Waals surface area contributed by atoms with E-state index in [9.17, 15) is 8.76 Å². The van der Waals surface area contributed by atoms with Crippen LogP contribution in [0.1, 0.15) is 0 Å². The Hall–Kier alpha value is -0.880. The third-order valence-electron chi connectivity index (χ3n) is 0.619. The van der Waals surface area contributed by atoms with Crippen molar-refractivity contribution in [3.63, 3.8) is 0 Å². The standard InChI is InChI=1S/C3H3N3O2S/c7-9(8)3-5-1-4-2-6-3/h1-2H,(H,7,8)/p-1. The summed E-state index contributed by atoms with van der Waals surface area (Å²) in [7, 11) is 0. The highest BCUT2D eigenvalue weighted by Crippen LogP contribution is 1.87. The highest BCUT2D eigenvalue weighted by molar-refractivity contribution is 7.78. The fraction of sp³-hybridized carbons (Fsp3) is 0. The molecule has 1 heterocycles. The lowest BCUT2D eigenvalue weighted by atomic mass is 11.1. The minimum Gasteiger partial charge on any atom is -0.766 e. The van der Waals surface area contributed by atoms with Crippen LogP contribution in [-0.4, -0.2) is 23.7 Å². The maximum atomic E-state index is 10.0. The van der Waals surface area contributed by atoms with Gasteiger partial charge in [0.25, 0.3) is 0 Å². The topological polar surface area (TPSA) is 78.8 Å². The lowest BCUT2D eigenvalue weighted by molar-refractivity contribution is 0.527. The second-order valence-corrected chi connectivity index (χ2v) is 1.99. The molecule has 0 radical (unpaired) electrons. The molecule has 0 N–H and O–H groups in total. The maximum Gasteiger partial charge on any atom is 0.207 e. The van der Waals surface area contributed by atoms with Gasteiger partial charge in [0, 0.05) is 11.1 Å². The van der Waals surface area contributed by atoms with Crippen molar-refractivity contribution in [1.29, 1.82) is 0 Å². The van der Waals surface area contributed by atoms with Gasteiger partial charge in [-0.2, -0.15) is 0 Å². The molecule has 1 aromatic heterocycles. The van der Waals surface area contributed by atoms with Gasteiger partial charge < -0.3 is 4.55 Å². The van der Waals surface area contributed by atoms with Crippen LogP contribution >= 0.6 is 0 Å². The third-order valence-corrected chi connectivity index (χ3v) is 1.13. The van der Waals surface area contributed by atoms with Gasteiger partial charge in [0.15, 0.2) is 0 Å². The summed E-state index contributed by atoms with van der Waals surface area (Å²) in [5.41, 5.74) is 0. The van der Waals surface area contributed by atoms with Crippen molar-refractivity contribution < 1.29 is 8.76 Å². The van der Waals surface area contributed by atoms with Crippen LogP contribution in [0.25, 0.3) is 0 Å². The molecule has 0 bridgehead atoms. The largest absolute Gasteiger partial charge is 0.766 e. The SMILES string of the molecule is O=S([O-])c1ncncn1. The van der Waals surface area contributed by atoms with E-state index in [0.717, 1.165) is 12.7 Å². The predicted molar refractivity (Wildman–Crippen MR) is 27.0 cm³/mol. The predicted octanol–water partition coefficient (Wildman–Crippen LogP) is -0.890. The van der Waals surface area contributed by atoms with Crippen LogP contribution in [0.5, 0.6) is 0 Å². The summed E-state index contributed by atoms with van der Waals surface area (Å²) in [6, 6.07) is 0. The Morgan fingerprint density at radius 3 is 2.33 bits per heavy atom. The van der Waals surface area contributed by atoms with Crippen molar-refractivity contribution in [1.82, 2.24) is 15.0 Å². The average molecular weight is 144 g/mol. The molecule has 0 amide bonds. The molecular weight excluding hydrogens is 142 g/mol. The molecule has 48 valence electrons. The molecule has 0 saturated carbocycles. The molecule has 1 rings (SSSR count). The first-order chi connectivity index (χ1) is 4.30. The molecule has 1 aromatic rings. The monoisotopic (exact) mass is 144 g/mol. The highest BCUT2D eigenvalue weighted by Gasteiger charge is 1.89. The first kappa shape index (κ1) is 6.24. The lowest BCUT2D eigenvalue weighted by Gasteiger charge is -1.98. The zero-order valence-corrected chi connectivity index (χ0v) is 5.04. The first-order valence-corrected chi connectivity index (χ1v) is 3.09. The fourth-order valence-electron chi connectivity index (χ4n) is 0.315. The van der Waals surface area contributed by atoms with E-state index in [4.69, 9.17) is 0 Å². The van der Waals surface area contributed by atoms with Crippen molar-refractivity contribution >= 4 is 11.1 Å². The van der Waals surface area contributed by atoms with Crippen molar-refractivity contribution in [3.8, 4) is 0 Å². The van der Waals surface area contributed by atoms with Gasteiger partial charge in [0.2, 0.25) is 5.16 Å². The van der Waals surface area contributed by atoms with Gasteiger partial charge in [0.05, 0.1) is 0 Å². The molecule has 9 heavy (non-hydrogen) atoms. The number of hydrogen-bond donors (Lipinski definition) is 0. The Morgan fingerprint density at radius 1 is 1.44 bits per heavy atom. The van der Waals surface area contributed by atoms with Crippen LogP contribution in [0.15, 0.2) is 17.8 Å². The maximum absolute atomic E-state index is 10.0. The van der Waals surface area contributed by atoms with Gasteiger partial charge in [-0.15, -0.1) is 0 Å². The van der Waals surface area contributed by atoms with Crippen LogP contribution in [0.2, 0.25) is 0 Å². The minimum atomic E-state index is -2.34. The third kappa shape index (κ3) is 1.51. The second kappa shape index (κ2) is 2.60. The Balaban J connectivity index is 2.98.